The van der Waals surface area contributed by atoms with Gasteiger partial charge in [0.05, 0.1) is 29.4 Å². The third-order valence-corrected chi connectivity index (χ3v) is 4.50. The van der Waals surface area contributed by atoms with Crippen molar-refractivity contribution >= 4 is 16.9 Å². The van der Waals surface area contributed by atoms with Crippen molar-refractivity contribution in [1.29, 1.82) is 0 Å². The van der Waals surface area contributed by atoms with Crippen LogP contribution in [0.15, 0.2) is 29.2 Å². The third kappa shape index (κ3) is 4.02. The minimum absolute atomic E-state index is 0.158. The first-order valence-electron chi connectivity index (χ1n) is 8.26. The second-order valence-electron chi connectivity index (χ2n) is 6.34. The molecule has 1 amide bonds. The van der Waals surface area contributed by atoms with Gasteiger partial charge in [0.2, 0.25) is 5.91 Å². The smallest absolute Gasteiger partial charge is 0.251 e. The van der Waals surface area contributed by atoms with E-state index in [0.29, 0.717) is 43.6 Å². The number of likely N-dealkylation sites (tertiary alicyclic amines) is 1. The van der Waals surface area contributed by atoms with E-state index in [1.807, 2.05) is 4.90 Å². The average molecular weight is 348 g/mol. The fourth-order valence-corrected chi connectivity index (χ4v) is 3.24. The molecular formula is C17H21FN4O3. The van der Waals surface area contributed by atoms with Gasteiger partial charge in [-0.2, -0.15) is 0 Å². The van der Waals surface area contributed by atoms with Gasteiger partial charge in [-0.05, 0) is 12.5 Å². The lowest BCUT2D eigenvalue weighted by atomic mass is 10.0. The maximum absolute atomic E-state index is 13.5. The number of pyridine rings is 2. The molecule has 7 nitrogen and oxygen atoms in total. The van der Waals surface area contributed by atoms with Crippen LogP contribution in [0.2, 0.25) is 0 Å². The molecule has 1 aliphatic heterocycles. The molecule has 25 heavy (non-hydrogen) atoms. The number of piperidine rings is 1. The monoisotopic (exact) mass is 348 g/mol. The SMILES string of the molecule is CC(=O)NC1CCN(CCn2c(=O)ccc3ncc(F)cc32)CC1O. The van der Waals surface area contributed by atoms with Crippen molar-refractivity contribution < 1.29 is 14.3 Å². The van der Waals surface area contributed by atoms with Crippen molar-refractivity contribution in [2.45, 2.75) is 32.0 Å². The molecule has 0 aromatic carbocycles. The van der Waals surface area contributed by atoms with Crippen LogP contribution in [0.4, 0.5) is 4.39 Å². The Morgan fingerprint density at radius 2 is 2.24 bits per heavy atom. The molecule has 1 saturated heterocycles. The van der Waals surface area contributed by atoms with E-state index in [2.05, 4.69) is 10.3 Å². The number of nitrogens with zero attached hydrogens (tertiary/aromatic N) is 3. The zero-order valence-electron chi connectivity index (χ0n) is 14.0. The van der Waals surface area contributed by atoms with E-state index in [1.165, 1.54) is 23.6 Å². The van der Waals surface area contributed by atoms with Crippen molar-refractivity contribution in [2.75, 3.05) is 19.6 Å². The lowest BCUT2D eigenvalue weighted by Crippen LogP contribution is -2.54. The summed E-state index contributed by atoms with van der Waals surface area (Å²) in [5, 5.41) is 12.9. The van der Waals surface area contributed by atoms with E-state index in [-0.39, 0.29) is 17.5 Å². The standard InChI is InChI=1S/C17H21FN4O3/c1-11(23)20-14-4-5-21(10-16(14)24)6-7-22-15-8-12(18)9-19-13(15)2-3-17(22)25/h2-3,8-9,14,16,24H,4-7,10H2,1H3,(H,20,23). The second kappa shape index (κ2) is 7.28. The van der Waals surface area contributed by atoms with Crippen LogP contribution in [0.25, 0.3) is 11.0 Å². The topological polar surface area (TPSA) is 87.5 Å². The predicted molar refractivity (Wildman–Crippen MR) is 90.6 cm³/mol. The highest BCUT2D eigenvalue weighted by molar-refractivity contribution is 5.74. The Kier molecular flexibility index (Phi) is 5.10. The minimum atomic E-state index is -0.652. The average Bonchev–Trinajstić information content (AvgIpc) is 2.56. The van der Waals surface area contributed by atoms with Gasteiger partial charge in [-0.3, -0.25) is 19.5 Å². The maximum atomic E-state index is 13.5. The Hall–Kier alpha value is -2.32. The number of amides is 1. The predicted octanol–water partition coefficient (Wildman–Crippen LogP) is 0.107. The van der Waals surface area contributed by atoms with Gasteiger partial charge in [0.1, 0.15) is 5.82 Å². The molecule has 0 bridgehead atoms. The number of hydrogen-bond donors (Lipinski definition) is 2. The first-order chi connectivity index (χ1) is 11.9. The Labute approximate surface area is 144 Å². The molecule has 2 N–H and O–H groups in total. The molecule has 3 heterocycles. The van der Waals surface area contributed by atoms with Gasteiger partial charge in [-0.15, -0.1) is 0 Å². The van der Waals surface area contributed by atoms with Crippen molar-refractivity contribution in [3.63, 3.8) is 0 Å². The summed E-state index contributed by atoms with van der Waals surface area (Å²) in [6.45, 7) is 3.46. The summed E-state index contributed by atoms with van der Waals surface area (Å²) in [6.07, 6.45) is 1.11. The highest BCUT2D eigenvalue weighted by atomic mass is 19.1. The van der Waals surface area contributed by atoms with Gasteiger partial charge >= 0.3 is 0 Å². The van der Waals surface area contributed by atoms with Crippen LogP contribution in [0.1, 0.15) is 13.3 Å². The van der Waals surface area contributed by atoms with Crippen LogP contribution in [0.5, 0.6) is 0 Å². The number of carbonyl (C=O) groups is 1. The van der Waals surface area contributed by atoms with Crippen LogP contribution < -0.4 is 10.9 Å². The molecule has 8 heteroatoms. The highest BCUT2D eigenvalue weighted by Crippen LogP contribution is 2.13. The van der Waals surface area contributed by atoms with E-state index >= 15 is 0 Å². The van der Waals surface area contributed by atoms with Gasteiger partial charge in [0.15, 0.2) is 0 Å². The molecule has 134 valence electrons. The van der Waals surface area contributed by atoms with E-state index in [9.17, 15) is 19.1 Å². The molecule has 2 aromatic rings. The number of hydrogen-bond acceptors (Lipinski definition) is 5. The molecule has 2 aromatic heterocycles. The van der Waals surface area contributed by atoms with Crippen molar-refractivity contribution in [1.82, 2.24) is 19.8 Å². The fourth-order valence-electron chi connectivity index (χ4n) is 3.24. The van der Waals surface area contributed by atoms with Crippen LogP contribution in [0, 0.1) is 5.82 Å². The number of β-amino-alcohol motifs (C(OH)–C–C–N with tert-alkyl or cyclic N) is 1. The normalized spacial score (nSPS) is 21.4. The maximum Gasteiger partial charge on any atom is 0.251 e. The number of rotatable bonds is 4. The summed E-state index contributed by atoms with van der Waals surface area (Å²) >= 11 is 0. The Balaban J connectivity index is 1.69. The first kappa shape index (κ1) is 17.5. The number of aliphatic hydroxyl groups excluding tert-OH is 1. The summed E-state index contributed by atoms with van der Waals surface area (Å²) in [7, 11) is 0. The lowest BCUT2D eigenvalue weighted by Gasteiger charge is -2.36. The zero-order chi connectivity index (χ0) is 18.0. The summed E-state index contributed by atoms with van der Waals surface area (Å²) < 4.78 is 15.0. The zero-order valence-corrected chi connectivity index (χ0v) is 14.0. The summed E-state index contributed by atoms with van der Waals surface area (Å²) in [6, 6.07) is 4.07. The molecular weight excluding hydrogens is 327 g/mol. The van der Waals surface area contributed by atoms with Gasteiger partial charge < -0.3 is 15.0 Å². The van der Waals surface area contributed by atoms with Gasteiger partial charge in [0.25, 0.3) is 5.56 Å². The number of fused-ring (bicyclic) bond motifs is 1. The second-order valence-corrected chi connectivity index (χ2v) is 6.34. The van der Waals surface area contributed by atoms with Crippen LogP contribution in [0.3, 0.4) is 0 Å². The van der Waals surface area contributed by atoms with Crippen molar-refractivity contribution in [3.8, 4) is 0 Å². The Morgan fingerprint density at radius 3 is 2.96 bits per heavy atom. The summed E-state index contributed by atoms with van der Waals surface area (Å²) in [5.41, 5.74) is 0.806. The van der Waals surface area contributed by atoms with Gasteiger partial charge in [0, 0.05) is 45.2 Å². The molecule has 0 saturated carbocycles. The molecule has 2 unspecified atom stereocenters. The van der Waals surface area contributed by atoms with Gasteiger partial charge in [-0.25, -0.2) is 4.39 Å². The molecule has 3 rings (SSSR count). The highest BCUT2D eigenvalue weighted by Gasteiger charge is 2.27. The van der Waals surface area contributed by atoms with E-state index < -0.39 is 11.9 Å². The summed E-state index contributed by atoms with van der Waals surface area (Å²) in [5.74, 6) is -0.646. The van der Waals surface area contributed by atoms with Crippen molar-refractivity contribution in [2.24, 2.45) is 0 Å². The number of aromatic nitrogens is 2. The molecule has 1 fully saturated rings. The van der Waals surface area contributed by atoms with Crippen LogP contribution >= 0.6 is 0 Å². The van der Waals surface area contributed by atoms with Crippen LogP contribution in [-0.4, -0.2) is 57.2 Å². The van der Waals surface area contributed by atoms with Crippen LogP contribution in [-0.2, 0) is 11.3 Å². The Bertz CT molecular complexity index is 838. The molecule has 1 aliphatic rings. The van der Waals surface area contributed by atoms with E-state index in [4.69, 9.17) is 0 Å². The fraction of sp³-hybridized carbons (Fsp3) is 0.471. The number of aliphatic hydroxyl groups is 1. The number of nitrogens with one attached hydrogen (secondary N) is 1. The molecule has 0 radical (unpaired) electrons. The minimum Gasteiger partial charge on any atom is -0.390 e. The number of halogens is 1. The molecule has 0 spiro atoms. The van der Waals surface area contributed by atoms with E-state index in [0.717, 1.165) is 6.20 Å². The van der Waals surface area contributed by atoms with Crippen molar-refractivity contribution in [3.05, 3.63) is 40.6 Å². The van der Waals surface area contributed by atoms with Gasteiger partial charge in [-0.1, -0.05) is 0 Å². The quantitative estimate of drug-likeness (QED) is 0.819. The third-order valence-electron chi connectivity index (χ3n) is 4.50. The number of carbonyl (C=O) groups excluding carboxylic acids is 1. The Morgan fingerprint density at radius 1 is 1.44 bits per heavy atom. The molecule has 0 aliphatic carbocycles. The van der Waals surface area contributed by atoms with E-state index in [1.54, 1.807) is 6.07 Å². The lowest BCUT2D eigenvalue weighted by molar-refractivity contribution is -0.121. The first-order valence-corrected chi connectivity index (χ1v) is 8.26. The largest absolute Gasteiger partial charge is 0.390 e. The summed E-state index contributed by atoms with van der Waals surface area (Å²) in [4.78, 5) is 29.3. The molecule has 2 atom stereocenters.